The van der Waals surface area contributed by atoms with Crippen LogP contribution in [0.25, 0.3) is 0 Å². The second-order valence-electron chi connectivity index (χ2n) is 6.76. The van der Waals surface area contributed by atoms with Crippen molar-refractivity contribution in [1.82, 2.24) is 4.90 Å². The Labute approximate surface area is 173 Å². The van der Waals surface area contributed by atoms with E-state index in [1.807, 2.05) is 6.07 Å². The third-order valence-corrected chi connectivity index (χ3v) is 4.62. The van der Waals surface area contributed by atoms with Gasteiger partial charge in [-0.1, -0.05) is 12.1 Å². The first kappa shape index (κ1) is 23.3. The van der Waals surface area contributed by atoms with Gasteiger partial charge >= 0.3 is 6.18 Å². The molecule has 0 aliphatic carbocycles. The Morgan fingerprint density at radius 3 is 2.34 bits per heavy atom. The van der Waals surface area contributed by atoms with Crippen molar-refractivity contribution < 1.29 is 27.4 Å². The highest BCUT2D eigenvalue weighted by Gasteiger charge is 2.30. The third kappa shape index (κ3) is 6.76. The van der Waals surface area contributed by atoms with Crippen LogP contribution >= 0.6 is 12.4 Å². The Morgan fingerprint density at radius 1 is 1.00 bits per heavy atom. The Kier molecular flexibility index (Phi) is 8.13. The van der Waals surface area contributed by atoms with Crippen molar-refractivity contribution in [3.05, 3.63) is 59.9 Å². The van der Waals surface area contributed by atoms with E-state index in [0.29, 0.717) is 32.7 Å². The lowest BCUT2D eigenvalue weighted by molar-refractivity contribution is -0.137. The standard InChI is InChI=1S/C20H22F4N2O2.ClH/c21-16-4-2-5-17(12-16)26-9-7-25(8-10-26)13-18(27)14-28-19-6-1-3-15(11-19)20(22,23)24;/h1-6,11-12,18,27H,7-10,13-14H2;1H. The van der Waals surface area contributed by atoms with E-state index in [0.717, 1.165) is 17.8 Å². The van der Waals surface area contributed by atoms with Gasteiger partial charge in [-0.3, -0.25) is 4.90 Å². The minimum absolute atomic E-state index is 0. The molecule has 0 radical (unpaired) electrons. The Hall–Kier alpha value is -2.03. The summed E-state index contributed by atoms with van der Waals surface area (Å²) in [6.45, 7) is 3.05. The molecule has 1 aliphatic rings. The van der Waals surface area contributed by atoms with Crippen LogP contribution in [-0.4, -0.2) is 55.4 Å². The second kappa shape index (κ2) is 10.1. The van der Waals surface area contributed by atoms with Gasteiger partial charge in [0.15, 0.2) is 0 Å². The molecular formula is C20H23ClF4N2O2. The minimum atomic E-state index is -4.43. The molecule has 1 aliphatic heterocycles. The number of aliphatic hydroxyl groups is 1. The Balaban J connectivity index is 0.00000300. The van der Waals surface area contributed by atoms with Gasteiger partial charge in [-0.25, -0.2) is 4.39 Å². The highest BCUT2D eigenvalue weighted by molar-refractivity contribution is 5.85. The summed E-state index contributed by atoms with van der Waals surface area (Å²) in [7, 11) is 0. The first-order valence-corrected chi connectivity index (χ1v) is 9.02. The molecule has 0 aromatic heterocycles. The number of alkyl halides is 3. The maximum atomic E-state index is 13.3. The summed E-state index contributed by atoms with van der Waals surface area (Å²) < 4.78 is 56.8. The lowest BCUT2D eigenvalue weighted by Gasteiger charge is -2.36. The van der Waals surface area contributed by atoms with Gasteiger partial charge in [-0.05, 0) is 36.4 Å². The molecule has 2 aromatic carbocycles. The predicted octanol–water partition coefficient (Wildman–Crippen LogP) is 3.83. The molecule has 0 bridgehead atoms. The second-order valence-corrected chi connectivity index (χ2v) is 6.76. The number of halogens is 5. The number of rotatable bonds is 6. The van der Waals surface area contributed by atoms with E-state index in [2.05, 4.69) is 9.80 Å². The van der Waals surface area contributed by atoms with Crippen molar-refractivity contribution in [3.8, 4) is 5.75 Å². The fourth-order valence-electron chi connectivity index (χ4n) is 3.17. The highest BCUT2D eigenvalue weighted by atomic mass is 35.5. The Bertz CT molecular complexity index is 783. The monoisotopic (exact) mass is 434 g/mol. The van der Waals surface area contributed by atoms with Gasteiger partial charge in [-0.2, -0.15) is 13.2 Å². The predicted molar refractivity (Wildman–Crippen MR) is 105 cm³/mol. The Morgan fingerprint density at radius 2 is 1.69 bits per heavy atom. The smallest absolute Gasteiger partial charge is 0.416 e. The maximum Gasteiger partial charge on any atom is 0.416 e. The first-order valence-electron chi connectivity index (χ1n) is 9.02. The highest BCUT2D eigenvalue weighted by Crippen LogP contribution is 2.31. The van der Waals surface area contributed by atoms with Crippen LogP contribution in [0.5, 0.6) is 5.75 Å². The number of benzene rings is 2. The van der Waals surface area contributed by atoms with Gasteiger partial charge in [0.25, 0.3) is 0 Å². The molecular weight excluding hydrogens is 412 g/mol. The zero-order chi connectivity index (χ0) is 20.1. The van der Waals surface area contributed by atoms with Crippen LogP contribution in [0.4, 0.5) is 23.2 Å². The van der Waals surface area contributed by atoms with Crippen molar-refractivity contribution in [2.24, 2.45) is 0 Å². The topological polar surface area (TPSA) is 35.9 Å². The van der Waals surface area contributed by atoms with Crippen LogP contribution in [-0.2, 0) is 6.18 Å². The van der Waals surface area contributed by atoms with Crippen LogP contribution in [0, 0.1) is 5.82 Å². The fraction of sp³-hybridized carbons (Fsp3) is 0.400. The maximum absolute atomic E-state index is 13.3. The van der Waals surface area contributed by atoms with Crippen molar-refractivity contribution in [2.75, 3.05) is 44.2 Å². The molecule has 1 atom stereocenters. The third-order valence-electron chi connectivity index (χ3n) is 4.62. The van der Waals surface area contributed by atoms with Crippen molar-refractivity contribution in [1.29, 1.82) is 0 Å². The summed E-state index contributed by atoms with van der Waals surface area (Å²) in [6, 6.07) is 11.0. The lowest BCUT2D eigenvalue weighted by Crippen LogP contribution is -2.49. The van der Waals surface area contributed by atoms with E-state index in [1.54, 1.807) is 6.07 Å². The summed E-state index contributed by atoms with van der Waals surface area (Å²) in [5.74, 6) is -0.202. The van der Waals surface area contributed by atoms with Gasteiger partial charge in [-0.15, -0.1) is 12.4 Å². The van der Waals surface area contributed by atoms with E-state index >= 15 is 0 Å². The first-order chi connectivity index (χ1) is 13.3. The molecule has 29 heavy (non-hydrogen) atoms. The summed E-state index contributed by atoms with van der Waals surface area (Å²) in [5.41, 5.74) is 0.0426. The zero-order valence-electron chi connectivity index (χ0n) is 15.6. The lowest BCUT2D eigenvalue weighted by atomic mass is 10.2. The van der Waals surface area contributed by atoms with E-state index in [4.69, 9.17) is 4.74 Å². The summed E-state index contributed by atoms with van der Waals surface area (Å²) in [4.78, 5) is 4.13. The number of hydrogen-bond acceptors (Lipinski definition) is 4. The van der Waals surface area contributed by atoms with Crippen LogP contribution in [0.1, 0.15) is 5.56 Å². The van der Waals surface area contributed by atoms with E-state index in [1.165, 1.54) is 24.3 Å². The van der Waals surface area contributed by atoms with Crippen LogP contribution in [0.2, 0.25) is 0 Å². The van der Waals surface area contributed by atoms with Crippen LogP contribution in [0.15, 0.2) is 48.5 Å². The number of anilines is 1. The zero-order valence-corrected chi connectivity index (χ0v) is 16.4. The van der Waals surface area contributed by atoms with Crippen molar-refractivity contribution >= 4 is 18.1 Å². The molecule has 160 valence electrons. The average molecular weight is 435 g/mol. The van der Waals surface area contributed by atoms with Gasteiger partial charge in [0.2, 0.25) is 0 Å². The number of piperazine rings is 1. The van der Waals surface area contributed by atoms with Crippen LogP contribution in [0.3, 0.4) is 0 Å². The molecule has 0 amide bonds. The molecule has 1 unspecified atom stereocenters. The molecule has 0 spiro atoms. The number of ether oxygens (including phenoxy) is 1. The van der Waals surface area contributed by atoms with E-state index < -0.39 is 17.8 Å². The molecule has 3 rings (SSSR count). The number of β-amino-alcohol motifs (C(OH)–C–C–N with tert-alkyl or cyclic N) is 1. The number of nitrogens with zero attached hydrogens (tertiary/aromatic N) is 2. The van der Waals surface area contributed by atoms with E-state index in [9.17, 15) is 22.7 Å². The molecule has 1 saturated heterocycles. The largest absolute Gasteiger partial charge is 0.491 e. The van der Waals surface area contributed by atoms with Crippen molar-refractivity contribution in [2.45, 2.75) is 12.3 Å². The van der Waals surface area contributed by atoms with Gasteiger partial charge in [0, 0.05) is 38.4 Å². The average Bonchev–Trinajstić information content (AvgIpc) is 2.66. The normalized spacial score (nSPS) is 16.2. The SMILES string of the molecule is Cl.OC(COc1cccc(C(F)(F)F)c1)CN1CCN(c2cccc(F)c2)CC1. The quantitative estimate of drug-likeness (QED) is 0.701. The van der Waals surface area contributed by atoms with Gasteiger partial charge < -0.3 is 14.7 Å². The van der Waals surface area contributed by atoms with Gasteiger partial charge in [0.05, 0.1) is 5.56 Å². The van der Waals surface area contributed by atoms with Crippen LogP contribution < -0.4 is 9.64 Å². The molecule has 2 aromatic rings. The van der Waals surface area contributed by atoms with Gasteiger partial charge in [0.1, 0.15) is 24.3 Å². The summed E-state index contributed by atoms with van der Waals surface area (Å²) in [6.07, 6.45) is -5.26. The van der Waals surface area contributed by atoms with Crippen molar-refractivity contribution in [3.63, 3.8) is 0 Å². The molecule has 9 heteroatoms. The molecule has 4 nitrogen and oxygen atoms in total. The molecule has 1 N–H and O–H groups in total. The summed E-state index contributed by atoms with van der Waals surface area (Å²) in [5, 5.41) is 10.2. The van der Waals surface area contributed by atoms with E-state index in [-0.39, 0.29) is 30.6 Å². The fourth-order valence-corrected chi connectivity index (χ4v) is 3.17. The molecule has 0 saturated carbocycles. The number of hydrogen-bond donors (Lipinski definition) is 1. The minimum Gasteiger partial charge on any atom is -0.491 e. The molecule has 1 fully saturated rings. The molecule has 1 heterocycles. The number of aliphatic hydroxyl groups excluding tert-OH is 1. The summed E-state index contributed by atoms with van der Waals surface area (Å²) >= 11 is 0.